The molecular formula is C10H9FO5. The van der Waals surface area contributed by atoms with Gasteiger partial charge in [-0.3, -0.25) is 4.79 Å². The lowest BCUT2D eigenvalue weighted by molar-refractivity contribution is -0.153. The third kappa shape index (κ3) is 2.41. The monoisotopic (exact) mass is 228 g/mol. The fourth-order valence-electron chi connectivity index (χ4n) is 1.21. The maximum atomic E-state index is 12.9. The molecule has 0 aromatic heterocycles. The van der Waals surface area contributed by atoms with E-state index in [1.54, 1.807) is 0 Å². The zero-order chi connectivity index (χ0) is 12.3. The molecule has 0 amide bonds. The summed E-state index contributed by atoms with van der Waals surface area (Å²) in [5, 5.41) is 27.0. The Hall–Kier alpha value is -1.79. The maximum Gasteiger partial charge on any atom is 0.335 e. The molecule has 16 heavy (non-hydrogen) atoms. The number of carbonyl (C=O) groups excluding carboxylic acids is 1. The summed E-state index contributed by atoms with van der Waals surface area (Å²) in [5.41, 5.74) is -0.334. The van der Waals surface area contributed by atoms with Crippen molar-refractivity contribution in [3.63, 3.8) is 0 Å². The van der Waals surface area contributed by atoms with E-state index in [1.807, 2.05) is 0 Å². The number of rotatable bonds is 4. The molecule has 0 spiro atoms. The number of carbonyl (C=O) groups is 2. The number of hydrogen-bond donors (Lipinski definition) is 3. The van der Waals surface area contributed by atoms with E-state index in [2.05, 4.69) is 0 Å². The number of aliphatic hydroxyl groups excluding tert-OH is 2. The summed E-state index contributed by atoms with van der Waals surface area (Å²) < 4.78 is 12.9. The van der Waals surface area contributed by atoms with Crippen molar-refractivity contribution >= 4 is 12.3 Å². The highest BCUT2D eigenvalue weighted by Gasteiger charge is 2.27. The fraction of sp³-hybridized carbons (Fsp3) is 0.200. The van der Waals surface area contributed by atoms with Crippen LogP contribution < -0.4 is 0 Å². The van der Waals surface area contributed by atoms with E-state index in [1.165, 1.54) is 0 Å². The van der Waals surface area contributed by atoms with E-state index < -0.39 is 24.0 Å². The summed E-state index contributed by atoms with van der Waals surface area (Å²) >= 11 is 0. The Morgan fingerprint density at radius 3 is 2.50 bits per heavy atom. The predicted octanol–water partition coefficient (Wildman–Crippen LogP) is 0.117. The molecule has 0 saturated carbocycles. The van der Waals surface area contributed by atoms with Crippen LogP contribution in [0, 0.1) is 5.82 Å². The Balaban J connectivity index is 3.15. The number of aliphatic hydroxyl groups is 2. The first kappa shape index (κ1) is 12.3. The quantitative estimate of drug-likeness (QED) is 0.636. The number of aldehydes is 1. The minimum atomic E-state index is -2.11. The van der Waals surface area contributed by atoms with Crippen LogP contribution in [0.2, 0.25) is 0 Å². The highest BCUT2D eigenvalue weighted by atomic mass is 19.1. The number of carboxylic acid groups (broad SMARTS) is 1. The van der Waals surface area contributed by atoms with Crippen molar-refractivity contribution < 1.29 is 29.3 Å². The van der Waals surface area contributed by atoms with Gasteiger partial charge in [-0.05, 0) is 23.8 Å². The third-order valence-corrected chi connectivity index (χ3v) is 2.05. The second-order valence-electron chi connectivity index (χ2n) is 3.12. The molecule has 86 valence electrons. The molecule has 0 aliphatic heterocycles. The van der Waals surface area contributed by atoms with E-state index in [0.29, 0.717) is 6.29 Å². The SMILES string of the molecule is O=Cc1ccc(F)cc1C(O)C(O)C(=O)O. The second kappa shape index (κ2) is 4.82. The van der Waals surface area contributed by atoms with Gasteiger partial charge in [-0.2, -0.15) is 0 Å². The van der Waals surface area contributed by atoms with Crippen molar-refractivity contribution in [3.05, 3.63) is 35.1 Å². The third-order valence-electron chi connectivity index (χ3n) is 2.05. The Kier molecular flexibility index (Phi) is 3.70. The standard InChI is InChI=1S/C10H9FO5/c11-6-2-1-5(4-12)7(3-6)8(13)9(14)10(15)16/h1-4,8-9,13-14H,(H,15,16). The first-order valence-corrected chi connectivity index (χ1v) is 4.31. The van der Waals surface area contributed by atoms with Crippen molar-refractivity contribution in [3.8, 4) is 0 Å². The van der Waals surface area contributed by atoms with Crippen LogP contribution in [0.3, 0.4) is 0 Å². The Bertz CT molecular complexity index is 418. The van der Waals surface area contributed by atoms with Crippen LogP contribution in [0.4, 0.5) is 4.39 Å². The van der Waals surface area contributed by atoms with Crippen LogP contribution in [0.15, 0.2) is 18.2 Å². The zero-order valence-electron chi connectivity index (χ0n) is 8.00. The first-order valence-electron chi connectivity index (χ1n) is 4.31. The Morgan fingerprint density at radius 2 is 2.00 bits per heavy atom. The van der Waals surface area contributed by atoms with Crippen LogP contribution in [0.5, 0.6) is 0 Å². The molecule has 0 aliphatic carbocycles. The Labute approximate surface area is 89.8 Å². The summed E-state index contributed by atoms with van der Waals surface area (Å²) in [4.78, 5) is 21.0. The van der Waals surface area contributed by atoms with E-state index in [4.69, 9.17) is 10.2 Å². The highest BCUT2D eigenvalue weighted by molar-refractivity contribution is 5.79. The molecular weight excluding hydrogens is 219 g/mol. The van der Waals surface area contributed by atoms with E-state index in [9.17, 15) is 19.1 Å². The molecule has 3 N–H and O–H groups in total. The molecule has 0 fully saturated rings. The number of benzene rings is 1. The van der Waals surface area contributed by atoms with Gasteiger partial charge in [0.15, 0.2) is 6.10 Å². The van der Waals surface area contributed by atoms with Crippen LogP contribution in [-0.4, -0.2) is 33.7 Å². The van der Waals surface area contributed by atoms with Gasteiger partial charge < -0.3 is 15.3 Å². The number of hydrogen-bond acceptors (Lipinski definition) is 4. The summed E-state index contributed by atoms with van der Waals surface area (Å²) in [6.45, 7) is 0. The summed E-state index contributed by atoms with van der Waals surface area (Å²) in [7, 11) is 0. The maximum absolute atomic E-state index is 12.9. The van der Waals surface area contributed by atoms with Crippen LogP contribution >= 0.6 is 0 Å². The molecule has 6 heteroatoms. The largest absolute Gasteiger partial charge is 0.479 e. The molecule has 1 aromatic rings. The molecule has 0 radical (unpaired) electrons. The summed E-state index contributed by atoms with van der Waals surface area (Å²) in [6, 6.07) is 2.89. The topological polar surface area (TPSA) is 94.8 Å². The number of carboxylic acids is 1. The lowest BCUT2D eigenvalue weighted by Gasteiger charge is -2.15. The van der Waals surface area contributed by atoms with Gasteiger partial charge in [0, 0.05) is 5.56 Å². The van der Waals surface area contributed by atoms with E-state index >= 15 is 0 Å². The van der Waals surface area contributed by atoms with Crippen LogP contribution in [-0.2, 0) is 4.79 Å². The highest BCUT2D eigenvalue weighted by Crippen LogP contribution is 2.21. The smallest absolute Gasteiger partial charge is 0.335 e. The lowest BCUT2D eigenvalue weighted by Crippen LogP contribution is -2.28. The van der Waals surface area contributed by atoms with Crippen LogP contribution in [0.1, 0.15) is 22.0 Å². The second-order valence-corrected chi connectivity index (χ2v) is 3.12. The van der Waals surface area contributed by atoms with Crippen molar-refractivity contribution in [1.82, 2.24) is 0 Å². The molecule has 0 aliphatic rings. The van der Waals surface area contributed by atoms with Gasteiger partial charge in [0.25, 0.3) is 0 Å². The van der Waals surface area contributed by atoms with Gasteiger partial charge in [0.05, 0.1) is 0 Å². The summed E-state index contributed by atoms with van der Waals surface area (Å²) in [6.07, 6.45) is -3.62. The molecule has 2 unspecified atom stereocenters. The molecule has 0 bridgehead atoms. The fourth-order valence-corrected chi connectivity index (χ4v) is 1.21. The normalized spacial score (nSPS) is 14.2. The molecule has 1 aromatic carbocycles. The van der Waals surface area contributed by atoms with Gasteiger partial charge in [-0.15, -0.1) is 0 Å². The minimum Gasteiger partial charge on any atom is -0.479 e. The van der Waals surface area contributed by atoms with Crippen molar-refractivity contribution in [2.75, 3.05) is 0 Å². The van der Waals surface area contributed by atoms with Crippen molar-refractivity contribution in [2.24, 2.45) is 0 Å². The van der Waals surface area contributed by atoms with Crippen molar-refractivity contribution in [2.45, 2.75) is 12.2 Å². The van der Waals surface area contributed by atoms with Gasteiger partial charge >= 0.3 is 5.97 Å². The van der Waals surface area contributed by atoms with Crippen molar-refractivity contribution in [1.29, 1.82) is 0 Å². The molecule has 0 saturated heterocycles. The zero-order valence-corrected chi connectivity index (χ0v) is 8.00. The average molecular weight is 228 g/mol. The van der Waals surface area contributed by atoms with E-state index in [-0.39, 0.29) is 11.1 Å². The molecule has 2 atom stereocenters. The lowest BCUT2D eigenvalue weighted by atomic mass is 9.99. The average Bonchev–Trinajstić information content (AvgIpc) is 2.26. The van der Waals surface area contributed by atoms with Gasteiger partial charge in [-0.25, -0.2) is 9.18 Å². The van der Waals surface area contributed by atoms with Gasteiger partial charge in [0.1, 0.15) is 18.2 Å². The number of aliphatic carboxylic acids is 1. The minimum absolute atomic E-state index is 0.0748. The van der Waals surface area contributed by atoms with Crippen LogP contribution in [0.25, 0.3) is 0 Å². The van der Waals surface area contributed by atoms with Gasteiger partial charge in [-0.1, -0.05) is 0 Å². The molecule has 0 heterocycles. The van der Waals surface area contributed by atoms with E-state index in [0.717, 1.165) is 18.2 Å². The molecule has 5 nitrogen and oxygen atoms in total. The Morgan fingerprint density at radius 1 is 1.38 bits per heavy atom. The first-order chi connectivity index (χ1) is 7.47. The van der Waals surface area contributed by atoms with Gasteiger partial charge in [0.2, 0.25) is 0 Å². The predicted molar refractivity (Wildman–Crippen MR) is 50.4 cm³/mol. The summed E-state index contributed by atoms with van der Waals surface area (Å²) in [5.74, 6) is -2.40. The molecule has 1 rings (SSSR count). The number of halogens is 1.